The highest BCUT2D eigenvalue weighted by Gasteiger charge is 2.23. The molecule has 21 heavy (non-hydrogen) atoms. The van der Waals surface area contributed by atoms with Gasteiger partial charge < -0.3 is 9.84 Å². The zero-order valence-electron chi connectivity index (χ0n) is 11.1. The summed E-state index contributed by atoms with van der Waals surface area (Å²) in [5.41, 5.74) is 1.63. The summed E-state index contributed by atoms with van der Waals surface area (Å²) in [6.07, 6.45) is 0. The molecule has 1 heterocycles. The first-order valence-electron chi connectivity index (χ1n) is 6.29. The Hall–Kier alpha value is -2.43. The Bertz CT molecular complexity index is 766. The summed E-state index contributed by atoms with van der Waals surface area (Å²) in [5, 5.41) is 9.54. The van der Waals surface area contributed by atoms with E-state index in [0.717, 1.165) is 6.07 Å². The third kappa shape index (κ3) is 2.14. The van der Waals surface area contributed by atoms with Crippen LogP contribution in [0.2, 0.25) is 0 Å². The van der Waals surface area contributed by atoms with Gasteiger partial charge in [0, 0.05) is 16.7 Å². The number of hydrogen-bond acceptors (Lipinski definition) is 2. The summed E-state index contributed by atoms with van der Waals surface area (Å²) in [6.45, 7) is 1.77. The van der Waals surface area contributed by atoms with Gasteiger partial charge in [-0.05, 0) is 42.8 Å². The van der Waals surface area contributed by atoms with Gasteiger partial charge in [0.25, 0.3) is 0 Å². The Balaban J connectivity index is 2.20. The number of halogens is 3. The van der Waals surface area contributed by atoms with Crippen LogP contribution in [0.1, 0.15) is 18.1 Å². The average Bonchev–Trinajstić information content (AvgIpc) is 2.47. The van der Waals surface area contributed by atoms with Crippen LogP contribution in [0.4, 0.5) is 13.2 Å². The fourth-order valence-corrected chi connectivity index (χ4v) is 2.40. The Morgan fingerprint density at radius 2 is 1.76 bits per heavy atom. The van der Waals surface area contributed by atoms with Gasteiger partial charge in [-0.2, -0.15) is 0 Å². The molecule has 1 aliphatic heterocycles. The number of ether oxygens (including phenoxy) is 1. The maximum atomic E-state index is 13.9. The molecule has 2 aromatic carbocycles. The van der Waals surface area contributed by atoms with E-state index >= 15 is 0 Å². The number of allylic oxidation sites excluding steroid dienone is 1. The van der Waals surface area contributed by atoms with Crippen molar-refractivity contribution in [3.05, 3.63) is 58.9 Å². The van der Waals surface area contributed by atoms with Gasteiger partial charge >= 0.3 is 0 Å². The highest BCUT2D eigenvalue weighted by Crippen LogP contribution is 2.39. The van der Waals surface area contributed by atoms with Crippen molar-refractivity contribution in [3.8, 4) is 11.5 Å². The number of rotatable bonds is 1. The Labute approximate surface area is 119 Å². The van der Waals surface area contributed by atoms with E-state index in [0.29, 0.717) is 22.5 Å². The molecule has 1 aliphatic rings. The van der Waals surface area contributed by atoms with Crippen molar-refractivity contribution in [2.24, 2.45) is 0 Å². The molecule has 3 rings (SSSR count). The van der Waals surface area contributed by atoms with Crippen LogP contribution >= 0.6 is 0 Å². The molecule has 0 radical (unpaired) electrons. The topological polar surface area (TPSA) is 29.5 Å². The highest BCUT2D eigenvalue weighted by molar-refractivity contribution is 5.94. The van der Waals surface area contributed by atoms with Gasteiger partial charge in [-0.25, -0.2) is 13.2 Å². The van der Waals surface area contributed by atoms with Crippen molar-refractivity contribution in [2.45, 2.75) is 6.92 Å². The monoisotopic (exact) mass is 292 g/mol. The van der Waals surface area contributed by atoms with Crippen molar-refractivity contribution in [2.75, 3.05) is 6.61 Å². The van der Waals surface area contributed by atoms with Crippen molar-refractivity contribution in [1.29, 1.82) is 0 Å². The Morgan fingerprint density at radius 3 is 2.52 bits per heavy atom. The Morgan fingerprint density at radius 1 is 1.00 bits per heavy atom. The molecule has 0 saturated heterocycles. The molecule has 0 fully saturated rings. The van der Waals surface area contributed by atoms with E-state index in [4.69, 9.17) is 4.74 Å². The smallest absolute Gasteiger partial charge is 0.195 e. The van der Waals surface area contributed by atoms with E-state index in [2.05, 4.69) is 0 Å². The van der Waals surface area contributed by atoms with Gasteiger partial charge in [0.05, 0.1) is 0 Å². The SMILES string of the molecule is CC1=C(c2ccc(F)c(F)c2F)COc2ccc(O)cc21. The molecule has 2 aromatic rings. The Kier molecular flexibility index (Phi) is 3.12. The lowest BCUT2D eigenvalue weighted by Gasteiger charge is -2.23. The van der Waals surface area contributed by atoms with Gasteiger partial charge in [0.2, 0.25) is 0 Å². The molecular formula is C16H11F3O2. The predicted molar refractivity (Wildman–Crippen MR) is 72.4 cm³/mol. The minimum Gasteiger partial charge on any atom is -0.508 e. The maximum absolute atomic E-state index is 13.9. The summed E-state index contributed by atoms with van der Waals surface area (Å²) in [5.74, 6) is -3.38. The molecule has 0 aromatic heterocycles. The number of fused-ring (bicyclic) bond motifs is 1. The third-order valence-electron chi connectivity index (χ3n) is 3.55. The van der Waals surface area contributed by atoms with Gasteiger partial charge in [-0.15, -0.1) is 0 Å². The van der Waals surface area contributed by atoms with Crippen LogP contribution in [-0.2, 0) is 0 Å². The lowest BCUT2D eigenvalue weighted by molar-refractivity contribution is 0.362. The van der Waals surface area contributed by atoms with Gasteiger partial charge in [0.15, 0.2) is 17.5 Å². The molecular weight excluding hydrogens is 281 g/mol. The zero-order chi connectivity index (χ0) is 15.1. The molecule has 108 valence electrons. The van der Waals surface area contributed by atoms with E-state index in [9.17, 15) is 18.3 Å². The van der Waals surface area contributed by atoms with Crippen LogP contribution in [0.3, 0.4) is 0 Å². The van der Waals surface area contributed by atoms with Gasteiger partial charge in [0.1, 0.15) is 18.1 Å². The first kappa shape index (κ1) is 13.5. The summed E-state index contributed by atoms with van der Waals surface area (Å²) in [4.78, 5) is 0. The lowest BCUT2D eigenvalue weighted by atomic mass is 9.93. The van der Waals surface area contributed by atoms with Crippen LogP contribution in [0.15, 0.2) is 30.3 Å². The van der Waals surface area contributed by atoms with Crippen molar-refractivity contribution >= 4 is 11.1 Å². The van der Waals surface area contributed by atoms with E-state index in [1.54, 1.807) is 13.0 Å². The highest BCUT2D eigenvalue weighted by atomic mass is 19.2. The molecule has 2 nitrogen and oxygen atoms in total. The van der Waals surface area contributed by atoms with Crippen molar-refractivity contribution < 1.29 is 23.0 Å². The van der Waals surface area contributed by atoms with Crippen LogP contribution in [0.5, 0.6) is 11.5 Å². The van der Waals surface area contributed by atoms with Gasteiger partial charge in [-0.3, -0.25) is 0 Å². The van der Waals surface area contributed by atoms with Crippen molar-refractivity contribution in [3.63, 3.8) is 0 Å². The fourth-order valence-electron chi connectivity index (χ4n) is 2.40. The molecule has 1 N–H and O–H groups in total. The first-order valence-corrected chi connectivity index (χ1v) is 6.29. The summed E-state index contributed by atoms with van der Waals surface area (Å²) >= 11 is 0. The van der Waals surface area contributed by atoms with Crippen LogP contribution in [0, 0.1) is 17.5 Å². The fraction of sp³-hybridized carbons (Fsp3) is 0.125. The van der Waals surface area contributed by atoms with Crippen molar-refractivity contribution in [1.82, 2.24) is 0 Å². The molecule has 0 bridgehead atoms. The minimum atomic E-state index is -1.51. The molecule has 0 aliphatic carbocycles. The normalized spacial score (nSPS) is 13.9. The van der Waals surface area contributed by atoms with Gasteiger partial charge in [-0.1, -0.05) is 0 Å². The average molecular weight is 292 g/mol. The third-order valence-corrected chi connectivity index (χ3v) is 3.55. The first-order chi connectivity index (χ1) is 9.99. The molecule has 5 heteroatoms. The molecule has 0 spiro atoms. The summed E-state index contributed by atoms with van der Waals surface area (Å²) in [6, 6.07) is 6.64. The molecule has 0 saturated carbocycles. The predicted octanol–water partition coefficient (Wildman–Crippen LogP) is 4.13. The van der Waals surface area contributed by atoms with E-state index < -0.39 is 17.5 Å². The zero-order valence-corrected chi connectivity index (χ0v) is 11.1. The molecule has 0 atom stereocenters. The second kappa shape index (κ2) is 4.84. The van der Waals surface area contributed by atoms with Crippen LogP contribution in [0.25, 0.3) is 11.1 Å². The number of hydrogen-bond donors (Lipinski definition) is 1. The second-order valence-corrected chi connectivity index (χ2v) is 4.80. The number of aromatic hydroxyl groups is 1. The largest absolute Gasteiger partial charge is 0.508 e. The molecule has 0 amide bonds. The standard InChI is InChI=1S/C16H11F3O2/c1-8-11-6-9(20)2-5-14(11)21-7-12(8)10-3-4-13(17)16(19)15(10)18/h2-6,20H,7H2,1H3. The summed E-state index contributed by atoms with van der Waals surface area (Å²) < 4.78 is 45.8. The van der Waals surface area contributed by atoms with Crippen LogP contribution < -0.4 is 4.74 Å². The maximum Gasteiger partial charge on any atom is 0.195 e. The minimum absolute atomic E-state index is 0.0413. The van der Waals surface area contributed by atoms with E-state index in [1.807, 2.05) is 0 Å². The number of phenolic OH excluding ortho intramolecular Hbond substituents is 1. The van der Waals surface area contributed by atoms with E-state index in [1.165, 1.54) is 18.2 Å². The van der Waals surface area contributed by atoms with Crippen LogP contribution in [-0.4, -0.2) is 11.7 Å². The number of phenols is 1. The number of benzene rings is 2. The molecule has 0 unspecified atom stereocenters. The lowest BCUT2D eigenvalue weighted by Crippen LogP contribution is -2.11. The second-order valence-electron chi connectivity index (χ2n) is 4.80. The summed E-state index contributed by atoms with van der Waals surface area (Å²) in [7, 11) is 0. The van der Waals surface area contributed by atoms with E-state index in [-0.39, 0.29) is 17.9 Å². The quantitative estimate of drug-likeness (QED) is 0.801.